The minimum absolute atomic E-state index is 0.0204. The Bertz CT molecular complexity index is 252. The van der Waals surface area contributed by atoms with Crippen LogP contribution in [0.3, 0.4) is 0 Å². The molecule has 0 spiro atoms. The Kier molecular flexibility index (Phi) is 7.54. The number of nitrogens with zero attached hydrogens (tertiary/aromatic N) is 1. The molecule has 1 atom stereocenters. The Balaban J connectivity index is 4.12. The monoisotopic (exact) mass is 244 g/mol. The molecule has 1 amide bonds. The van der Waals surface area contributed by atoms with Gasteiger partial charge < -0.3 is 15.7 Å². The summed E-state index contributed by atoms with van der Waals surface area (Å²) in [4.78, 5) is 24.0. The van der Waals surface area contributed by atoms with Gasteiger partial charge in [-0.25, -0.2) is 0 Å². The molecule has 0 aromatic rings. The van der Waals surface area contributed by atoms with Gasteiger partial charge in [0, 0.05) is 31.5 Å². The van der Waals surface area contributed by atoms with Gasteiger partial charge in [-0.1, -0.05) is 0 Å². The molecule has 0 rings (SSSR count). The molecule has 0 fully saturated rings. The first kappa shape index (κ1) is 15.9. The summed E-state index contributed by atoms with van der Waals surface area (Å²) < 4.78 is 0. The molecule has 5 nitrogen and oxygen atoms in total. The standard InChI is InChI=1S/C12H24N2O3/c1-9(2)14(8-4-5-12(16)17)11(15)7-6-10(3)13/h9-10H,4-8,13H2,1-3H3,(H,16,17). The molecule has 0 aromatic heterocycles. The van der Waals surface area contributed by atoms with Crippen LogP contribution in [0, 0.1) is 0 Å². The second-order valence-electron chi connectivity index (χ2n) is 4.69. The predicted molar refractivity (Wildman–Crippen MR) is 66.6 cm³/mol. The van der Waals surface area contributed by atoms with Crippen LogP contribution in [0.25, 0.3) is 0 Å². The topological polar surface area (TPSA) is 83.6 Å². The molecule has 100 valence electrons. The molecule has 17 heavy (non-hydrogen) atoms. The highest BCUT2D eigenvalue weighted by atomic mass is 16.4. The van der Waals surface area contributed by atoms with Crippen LogP contribution in [0.15, 0.2) is 0 Å². The Morgan fingerprint density at radius 3 is 2.24 bits per heavy atom. The lowest BCUT2D eigenvalue weighted by atomic mass is 10.1. The van der Waals surface area contributed by atoms with Gasteiger partial charge in [0.05, 0.1) is 0 Å². The first-order valence-corrected chi connectivity index (χ1v) is 6.11. The van der Waals surface area contributed by atoms with Crippen LogP contribution in [0.2, 0.25) is 0 Å². The maximum atomic E-state index is 11.9. The Labute approximate surface area is 103 Å². The zero-order chi connectivity index (χ0) is 13.4. The third kappa shape index (κ3) is 7.74. The van der Waals surface area contributed by atoms with Gasteiger partial charge >= 0.3 is 5.97 Å². The van der Waals surface area contributed by atoms with Gasteiger partial charge in [0.15, 0.2) is 0 Å². The Hall–Kier alpha value is -1.10. The van der Waals surface area contributed by atoms with Crippen LogP contribution in [0.4, 0.5) is 0 Å². The molecule has 0 saturated carbocycles. The van der Waals surface area contributed by atoms with Crippen molar-refractivity contribution < 1.29 is 14.7 Å². The summed E-state index contributed by atoms with van der Waals surface area (Å²) in [5, 5.41) is 8.56. The molecule has 0 aliphatic carbocycles. The number of nitrogens with two attached hydrogens (primary N) is 1. The SMILES string of the molecule is CC(N)CCC(=O)N(CCCC(=O)O)C(C)C. The smallest absolute Gasteiger partial charge is 0.303 e. The number of hydrogen-bond donors (Lipinski definition) is 2. The van der Waals surface area contributed by atoms with Crippen molar-refractivity contribution >= 4 is 11.9 Å². The van der Waals surface area contributed by atoms with E-state index in [4.69, 9.17) is 10.8 Å². The van der Waals surface area contributed by atoms with Gasteiger partial charge in [0.1, 0.15) is 0 Å². The van der Waals surface area contributed by atoms with Crippen LogP contribution in [-0.4, -0.2) is 40.5 Å². The third-order valence-electron chi connectivity index (χ3n) is 2.55. The highest BCUT2D eigenvalue weighted by Crippen LogP contribution is 2.07. The van der Waals surface area contributed by atoms with E-state index < -0.39 is 5.97 Å². The molecular weight excluding hydrogens is 220 g/mol. The minimum Gasteiger partial charge on any atom is -0.481 e. The largest absolute Gasteiger partial charge is 0.481 e. The van der Waals surface area contributed by atoms with Crippen LogP contribution in [-0.2, 0) is 9.59 Å². The van der Waals surface area contributed by atoms with Crippen LogP contribution >= 0.6 is 0 Å². The number of aliphatic carboxylic acids is 1. The van der Waals surface area contributed by atoms with E-state index in [-0.39, 0.29) is 24.4 Å². The minimum atomic E-state index is -0.822. The molecule has 0 heterocycles. The van der Waals surface area contributed by atoms with Crippen LogP contribution in [0.5, 0.6) is 0 Å². The number of carbonyl (C=O) groups is 2. The fourth-order valence-electron chi connectivity index (χ4n) is 1.57. The van der Waals surface area contributed by atoms with E-state index in [2.05, 4.69) is 0 Å². The summed E-state index contributed by atoms with van der Waals surface area (Å²) in [6.45, 7) is 6.24. The van der Waals surface area contributed by atoms with E-state index >= 15 is 0 Å². The van der Waals surface area contributed by atoms with Crippen molar-refractivity contribution in [3.8, 4) is 0 Å². The number of amides is 1. The van der Waals surface area contributed by atoms with Gasteiger partial charge in [-0.3, -0.25) is 9.59 Å². The molecule has 0 saturated heterocycles. The highest BCUT2D eigenvalue weighted by Gasteiger charge is 2.16. The van der Waals surface area contributed by atoms with Gasteiger partial charge in [-0.2, -0.15) is 0 Å². The van der Waals surface area contributed by atoms with Gasteiger partial charge in [-0.15, -0.1) is 0 Å². The van der Waals surface area contributed by atoms with Gasteiger partial charge in [0.2, 0.25) is 5.91 Å². The normalized spacial score (nSPS) is 12.5. The molecule has 0 aromatic carbocycles. The van der Waals surface area contributed by atoms with E-state index in [1.54, 1.807) is 4.90 Å². The molecule has 3 N–H and O–H groups in total. The van der Waals surface area contributed by atoms with Crippen LogP contribution < -0.4 is 5.73 Å². The summed E-state index contributed by atoms with van der Waals surface area (Å²) in [7, 11) is 0. The van der Waals surface area contributed by atoms with E-state index in [9.17, 15) is 9.59 Å². The van der Waals surface area contributed by atoms with Crippen molar-refractivity contribution in [2.24, 2.45) is 5.73 Å². The van der Waals surface area contributed by atoms with Crippen molar-refractivity contribution in [1.82, 2.24) is 4.90 Å². The third-order valence-corrected chi connectivity index (χ3v) is 2.55. The van der Waals surface area contributed by atoms with Crippen molar-refractivity contribution in [2.45, 2.75) is 58.5 Å². The lowest BCUT2D eigenvalue weighted by molar-refractivity contribution is -0.138. The summed E-state index contributed by atoms with van der Waals surface area (Å²) in [6, 6.07) is 0.122. The number of rotatable bonds is 8. The summed E-state index contributed by atoms with van der Waals surface area (Å²) in [5.74, 6) is -0.764. The predicted octanol–water partition coefficient (Wildman–Crippen LogP) is 1.22. The maximum Gasteiger partial charge on any atom is 0.303 e. The number of hydrogen-bond acceptors (Lipinski definition) is 3. The highest BCUT2D eigenvalue weighted by molar-refractivity contribution is 5.76. The van der Waals surface area contributed by atoms with Gasteiger partial charge in [0.25, 0.3) is 0 Å². The summed E-state index contributed by atoms with van der Waals surface area (Å²) in [5.41, 5.74) is 5.61. The molecule has 0 bridgehead atoms. The second-order valence-corrected chi connectivity index (χ2v) is 4.69. The molecule has 1 unspecified atom stereocenters. The van der Waals surface area contributed by atoms with Crippen molar-refractivity contribution in [3.63, 3.8) is 0 Å². The average molecular weight is 244 g/mol. The van der Waals surface area contributed by atoms with E-state index in [0.717, 1.165) is 0 Å². The number of carbonyl (C=O) groups excluding carboxylic acids is 1. The Morgan fingerprint density at radius 2 is 1.82 bits per heavy atom. The lowest BCUT2D eigenvalue weighted by Gasteiger charge is -2.27. The van der Waals surface area contributed by atoms with Crippen molar-refractivity contribution in [3.05, 3.63) is 0 Å². The fraction of sp³-hybridized carbons (Fsp3) is 0.833. The molecule has 5 heteroatoms. The molecular formula is C12H24N2O3. The molecule has 0 aliphatic heterocycles. The summed E-state index contributed by atoms with van der Waals surface area (Å²) in [6.07, 6.45) is 1.70. The zero-order valence-corrected chi connectivity index (χ0v) is 11.0. The molecule has 0 radical (unpaired) electrons. The van der Waals surface area contributed by atoms with E-state index in [0.29, 0.717) is 25.8 Å². The first-order chi connectivity index (χ1) is 7.84. The zero-order valence-electron chi connectivity index (χ0n) is 11.0. The van der Waals surface area contributed by atoms with E-state index in [1.165, 1.54) is 0 Å². The maximum absolute atomic E-state index is 11.9. The number of carboxylic acids is 1. The summed E-state index contributed by atoms with van der Waals surface area (Å²) >= 11 is 0. The second kappa shape index (κ2) is 8.06. The lowest BCUT2D eigenvalue weighted by Crippen LogP contribution is -2.38. The average Bonchev–Trinajstić information content (AvgIpc) is 2.20. The van der Waals surface area contributed by atoms with Crippen molar-refractivity contribution in [2.75, 3.05) is 6.54 Å². The molecule has 0 aliphatic rings. The van der Waals surface area contributed by atoms with Crippen LogP contribution in [0.1, 0.15) is 46.5 Å². The first-order valence-electron chi connectivity index (χ1n) is 6.11. The van der Waals surface area contributed by atoms with Gasteiger partial charge in [-0.05, 0) is 33.6 Å². The van der Waals surface area contributed by atoms with Crippen molar-refractivity contribution in [1.29, 1.82) is 0 Å². The number of carboxylic acid groups (broad SMARTS) is 1. The van der Waals surface area contributed by atoms with E-state index in [1.807, 2.05) is 20.8 Å². The quantitative estimate of drug-likeness (QED) is 0.672. The Morgan fingerprint density at radius 1 is 1.24 bits per heavy atom. The fourth-order valence-corrected chi connectivity index (χ4v) is 1.57.